The summed E-state index contributed by atoms with van der Waals surface area (Å²) in [5, 5.41) is 9.59. The van der Waals surface area contributed by atoms with E-state index in [0.29, 0.717) is 0 Å². The minimum absolute atomic E-state index is 0.814. The van der Waals surface area contributed by atoms with Crippen LogP contribution in [0.15, 0.2) is 177 Å². The number of fused-ring (bicyclic) bond motifs is 5. The van der Waals surface area contributed by atoms with Crippen molar-refractivity contribution in [1.29, 1.82) is 0 Å². The third-order valence-electron chi connectivity index (χ3n) is 9.42. The molecule has 0 atom stereocenters. The van der Waals surface area contributed by atoms with E-state index < -0.39 is 0 Å². The first-order valence-electron chi connectivity index (χ1n) is 16.0. The maximum absolute atomic E-state index is 6.31. The number of rotatable bonds is 3. The van der Waals surface area contributed by atoms with Crippen molar-refractivity contribution >= 4 is 54.2 Å². The number of hydrogen-bond donors (Lipinski definition) is 0. The van der Waals surface area contributed by atoms with Crippen molar-refractivity contribution in [2.24, 2.45) is 0 Å². The van der Waals surface area contributed by atoms with Gasteiger partial charge in [0.05, 0.1) is 6.26 Å². The molecule has 47 heavy (non-hydrogen) atoms. The van der Waals surface area contributed by atoms with Gasteiger partial charge >= 0.3 is 0 Å². The largest absolute Gasteiger partial charge is 0.464 e. The summed E-state index contributed by atoms with van der Waals surface area (Å²) in [6.07, 6.45) is 6.13. The molecule has 0 unspecified atom stereocenters. The summed E-state index contributed by atoms with van der Waals surface area (Å²) < 4.78 is 6.31. The number of benzene rings is 8. The van der Waals surface area contributed by atoms with E-state index in [-0.39, 0.29) is 0 Å². The van der Waals surface area contributed by atoms with Crippen molar-refractivity contribution in [3.63, 3.8) is 0 Å². The Kier molecular flexibility index (Phi) is 6.36. The Balaban J connectivity index is 1.34. The summed E-state index contributed by atoms with van der Waals surface area (Å²) in [5.74, 6) is 0.814. The number of ether oxygens (including phenoxy) is 1. The minimum Gasteiger partial charge on any atom is -0.464 e. The van der Waals surface area contributed by atoms with Crippen molar-refractivity contribution in [1.82, 2.24) is 0 Å². The van der Waals surface area contributed by atoms with Crippen LogP contribution < -0.4 is 4.74 Å². The highest BCUT2D eigenvalue weighted by atomic mass is 16.5. The zero-order valence-corrected chi connectivity index (χ0v) is 25.8. The fourth-order valence-electron chi connectivity index (χ4n) is 7.17. The average Bonchev–Trinajstić information content (AvgIpc) is 3.12. The first-order chi connectivity index (χ1) is 23.2. The molecule has 0 saturated heterocycles. The lowest BCUT2D eigenvalue weighted by Gasteiger charge is -2.21. The van der Waals surface area contributed by atoms with Crippen molar-refractivity contribution in [2.75, 3.05) is 0 Å². The van der Waals surface area contributed by atoms with E-state index in [1.807, 2.05) is 6.26 Å². The first-order valence-corrected chi connectivity index (χ1v) is 16.0. The van der Waals surface area contributed by atoms with Gasteiger partial charge in [0.15, 0.2) is 0 Å². The molecule has 8 aromatic rings. The predicted molar refractivity (Wildman–Crippen MR) is 201 cm³/mol. The molecule has 0 amide bonds. The number of allylic oxidation sites excluding steroid dienone is 4. The van der Waals surface area contributed by atoms with E-state index in [4.69, 9.17) is 4.74 Å². The molecular formula is C46H30O. The zero-order chi connectivity index (χ0) is 31.3. The molecule has 1 nitrogen and oxygen atoms in total. The Morgan fingerprint density at radius 3 is 1.83 bits per heavy atom. The Labute approximate surface area is 274 Å². The van der Waals surface area contributed by atoms with Gasteiger partial charge in [-0.3, -0.25) is 0 Å². The van der Waals surface area contributed by atoms with Gasteiger partial charge in [-0.2, -0.15) is 0 Å². The van der Waals surface area contributed by atoms with E-state index in [1.165, 1.54) is 65.5 Å². The fourth-order valence-corrected chi connectivity index (χ4v) is 7.17. The van der Waals surface area contributed by atoms with Crippen molar-refractivity contribution in [2.45, 2.75) is 0 Å². The molecule has 1 heteroatoms. The Morgan fingerprint density at radius 1 is 0.426 bits per heavy atom. The maximum atomic E-state index is 6.31. The molecular weight excluding hydrogens is 569 g/mol. The van der Waals surface area contributed by atoms with Crippen LogP contribution in [0.5, 0.6) is 5.75 Å². The van der Waals surface area contributed by atoms with Crippen molar-refractivity contribution in [3.8, 4) is 28.0 Å². The second kappa shape index (κ2) is 11.0. The molecule has 0 radical (unpaired) electrons. The summed E-state index contributed by atoms with van der Waals surface area (Å²) in [7, 11) is 0. The Morgan fingerprint density at radius 2 is 1.04 bits per heavy atom. The van der Waals surface area contributed by atoms with Gasteiger partial charge in [-0.1, -0.05) is 134 Å². The fraction of sp³-hybridized carbons (Fsp3) is 0. The third kappa shape index (κ3) is 4.64. The van der Waals surface area contributed by atoms with E-state index >= 15 is 0 Å². The highest BCUT2D eigenvalue weighted by Gasteiger charge is 2.20. The zero-order valence-electron chi connectivity index (χ0n) is 25.8. The Hall–Kier alpha value is -6.18. The SMILES string of the molecule is C=C1/C=C(c2c3ccccc3c(-c3ccc4ccccc4c3)c3cc(-c4ccccc4)ccc23)\C=C/Oc2cc3ccccc3cc21. The molecule has 1 aliphatic rings. The van der Waals surface area contributed by atoms with Gasteiger partial charge in [-0.25, -0.2) is 0 Å². The van der Waals surface area contributed by atoms with Crippen LogP contribution in [0.2, 0.25) is 0 Å². The molecule has 0 saturated carbocycles. The summed E-state index contributed by atoms with van der Waals surface area (Å²) in [6, 6.07) is 54.4. The molecule has 0 N–H and O–H groups in total. The topological polar surface area (TPSA) is 9.23 Å². The van der Waals surface area contributed by atoms with Gasteiger partial charge in [0.1, 0.15) is 5.75 Å². The summed E-state index contributed by atoms with van der Waals surface area (Å²) in [4.78, 5) is 0. The summed E-state index contributed by atoms with van der Waals surface area (Å²) >= 11 is 0. The quantitative estimate of drug-likeness (QED) is 0.184. The van der Waals surface area contributed by atoms with Crippen LogP contribution in [0.4, 0.5) is 0 Å². The van der Waals surface area contributed by atoms with Crippen LogP contribution in [0.3, 0.4) is 0 Å². The average molecular weight is 599 g/mol. The molecule has 0 aliphatic carbocycles. The van der Waals surface area contributed by atoms with Crippen molar-refractivity contribution < 1.29 is 4.74 Å². The van der Waals surface area contributed by atoms with Gasteiger partial charge in [0, 0.05) is 5.56 Å². The molecule has 9 rings (SSSR count). The molecule has 0 spiro atoms. The van der Waals surface area contributed by atoms with Gasteiger partial charge in [-0.15, -0.1) is 0 Å². The van der Waals surface area contributed by atoms with Crippen LogP contribution >= 0.6 is 0 Å². The van der Waals surface area contributed by atoms with Crippen LogP contribution in [-0.2, 0) is 0 Å². The molecule has 0 aromatic heterocycles. The van der Waals surface area contributed by atoms with Gasteiger partial charge in [-0.05, 0) is 118 Å². The van der Waals surface area contributed by atoms with Crippen LogP contribution in [0, 0.1) is 0 Å². The molecule has 1 heterocycles. The van der Waals surface area contributed by atoms with Gasteiger partial charge in [0.2, 0.25) is 0 Å². The monoisotopic (exact) mass is 598 g/mol. The summed E-state index contributed by atoms with van der Waals surface area (Å²) in [5.41, 5.74) is 8.99. The standard InChI is InChI=1S/C46H30O/c1-30-25-38(23-24-47-44-29-35-16-8-7-15-34(35)27-42(30)44)45-39-17-9-10-18-40(39)46(37-20-19-32-13-5-6-14-33(32)26-37)43-28-36(21-22-41(43)45)31-11-3-2-4-12-31/h2-29H,1H2/b24-23-,38-25+. The molecule has 1 aliphatic heterocycles. The molecule has 0 bridgehead atoms. The second-order valence-corrected chi connectivity index (χ2v) is 12.2. The Bertz CT molecular complexity index is 2600. The lowest BCUT2D eigenvalue weighted by molar-refractivity contribution is 0.481. The smallest absolute Gasteiger partial charge is 0.134 e. The first kappa shape index (κ1) is 27.2. The van der Waals surface area contributed by atoms with Gasteiger partial charge < -0.3 is 4.74 Å². The lowest BCUT2D eigenvalue weighted by atomic mass is 9.83. The van der Waals surface area contributed by atoms with Crippen LogP contribution in [0.1, 0.15) is 11.1 Å². The van der Waals surface area contributed by atoms with E-state index in [1.54, 1.807) is 0 Å². The second-order valence-electron chi connectivity index (χ2n) is 12.2. The predicted octanol–water partition coefficient (Wildman–Crippen LogP) is 12.6. The molecule has 220 valence electrons. The van der Waals surface area contributed by atoms with E-state index in [0.717, 1.165) is 27.8 Å². The third-order valence-corrected chi connectivity index (χ3v) is 9.42. The number of hydrogen-bond acceptors (Lipinski definition) is 1. The summed E-state index contributed by atoms with van der Waals surface area (Å²) in [6.45, 7) is 4.56. The van der Waals surface area contributed by atoms with E-state index in [2.05, 4.69) is 170 Å². The molecule has 0 fully saturated rings. The lowest BCUT2D eigenvalue weighted by Crippen LogP contribution is -1.97. The van der Waals surface area contributed by atoms with Gasteiger partial charge in [0.25, 0.3) is 0 Å². The molecule has 8 aromatic carbocycles. The van der Waals surface area contributed by atoms with E-state index in [9.17, 15) is 0 Å². The highest BCUT2D eigenvalue weighted by molar-refractivity contribution is 6.21. The van der Waals surface area contributed by atoms with Crippen molar-refractivity contribution in [3.05, 3.63) is 188 Å². The minimum atomic E-state index is 0.814. The highest BCUT2D eigenvalue weighted by Crippen LogP contribution is 2.45. The van der Waals surface area contributed by atoms with Crippen LogP contribution in [-0.4, -0.2) is 0 Å². The normalized spacial score (nSPS) is 14.7. The maximum Gasteiger partial charge on any atom is 0.134 e. The van der Waals surface area contributed by atoms with Crippen LogP contribution in [0.25, 0.3) is 76.5 Å².